The SMILES string of the molecule is CN(Cc1ccc(Br)cc1Oc1ccc(Cl)c(Cl)c1)C(=O)Nc1ccccc1OCC(=O)N1CCOCC1. The van der Waals surface area contributed by atoms with Gasteiger partial charge in [-0.15, -0.1) is 0 Å². The van der Waals surface area contributed by atoms with Gasteiger partial charge in [-0.2, -0.15) is 0 Å². The van der Waals surface area contributed by atoms with Crippen molar-refractivity contribution in [3.05, 3.63) is 80.7 Å². The average molecular weight is 623 g/mol. The molecule has 1 fully saturated rings. The van der Waals surface area contributed by atoms with Crippen molar-refractivity contribution >= 4 is 56.8 Å². The summed E-state index contributed by atoms with van der Waals surface area (Å²) in [4.78, 5) is 28.7. The summed E-state index contributed by atoms with van der Waals surface area (Å²) in [6.07, 6.45) is 0. The highest BCUT2D eigenvalue weighted by Gasteiger charge is 2.19. The maximum absolute atomic E-state index is 13.1. The molecule has 200 valence electrons. The molecule has 3 aromatic rings. The molecule has 0 unspecified atom stereocenters. The second kappa shape index (κ2) is 13.2. The van der Waals surface area contributed by atoms with Crippen molar-refractivity contribution in [3.8, 4) is 17.2 Å². The number of morpholine rings is 1. The van der Waals surface area contributed by atoms with Gasteiger partial charge in [0.2, 0.25) is 0 Å². The van der Waals surface area contributed by atoms with Crippen LogP contribution in [0.1, 0.15) is 5.56 Å². The van der Waals surface area contributed by atoms with E-state index in [2.05, 4.69) is 21.2 Å². The third-order valence-corrected chi connectivity index (χ3v) is 6.98. The molecular formula is C27H26BrCl2N3O5. The molecule has 38 heavy (non-hydrogen) atoms. The number of nitrogens with zero attached hydrogens (tertiary/aromatic N) is 2. The molecule has 1 heterocycles. The lowest BCUT2D eigenvalue weighted by Gasteiger charge is -2.27. The van der Waals surface area contributed by atoms with Crippen LogP contribution in [-0.2, 0) is 16.1 Å². The largest absolute Gasteiger partial charge is 0.482 e. The van der Waals surface area contributed by atoms with Crippen molar-refractivity contribution < 1.29 is 23.8 Å². The zero-order valence-electron chi connectivity index (χ0n) is 20.6. The molecular weight excluding hydrogens is 597 g/mol. The molecule has 0 bridgehead atoms. The number of anilines is 1. The number of rotatable bonds is 8. The summed E-state index contributed by atoms with van der Waals surface area (Å²) in [5, 5.41) is 3.67. The van der Waals surface area contributed by atoms with Crippen LogP contribution in [0, 0.1) is 0 Å². The van der Waals surface area contributed by atoms with E-state index in [4.69, 9.17) is 37.4 Å². The fourth-order valence-corrected chi connectivity index (χ4v) is 4.33. The zero-order chi connectivity index (χ0) is 27.1. The first kappa shape index (κ1) is 28.0. The summed E-state index contributed by atoms with van der Waals surface area (Å²) in [5.41, 5.74) is 1.24. The van der Waals surface area contributed by atoms with Crippen LogP contribution >= 0.6 is 39.1 Å². The number of ether oxygens (including phenoxy) is 3. The van der Waals surface area contributed by atoms with Gasteiger partial charge in [0.05, 0.1) is 35.5 Å². The van der Waals surface area contributed by atoms with Crippen molar-refractivity contribution in [2.24, 2.45) is 0 Å². The molecule has 1 aliphatic heterocycles. The van der Waals surface area contributed by atoms with Crippen molar-refractivity contribution in [2.45, 2.75) is 6.54 Å². The van der Waals surface area contributed by atoms with Gasteiger partial charge in [-0.1, -0.05) is 57.3 Å². The number of hydrogen-bond acceptors (Lipinski definition) is 5. The molecule has 3 amide bonds. The fraction of sp³-hybridized carbons (Fsp3) is 0.259. The first-order valence-electron chi connectivity index (χ1n) is 11.8. The van der Waals surface area contributed by atoms with E-state index in [1.807, 2.05) is 18.2 Å². The molecule has 8 nitrogen and oxygen atoms in total. The summed E-state index contributed by atoms with van der Waals surface area (Å²) in [7, 11) is 1.67. The number of benzene rings is 3. The number of carbonyl (C=O) groups excluding carboxylic acids is 2. The summed E-state index contributed by atoms with van der Waals surface area (Å²) in [6, 6.07) is 17.2. The van der Waals surface area contributed by atoms with Gasteiger partial charge in [0.1, 0.15) is 17.2 Å². The highest BCUT2D eigenvalue weighted by atomic mass is 79.9. The minimum atomic E-state index is -0.357. The molecule has 1 aliphatic rings. The van der Waals surface area contributed by atoms with Gasteiger partial charge in [0, 0.05) is 36.2 Å². The lowest BCUT2D eigenvalue weighted by atomic mass is 10.2. The van der Waals surface area contributed by atoms with Crippen LogP contribution in [0.25, 0.3) is 0 Å². The molecule has 3 aromatic carbocycles. The molecule has 1 N–H and O–H groups in total. The Labute approximate surface area is 239 Å². The van der Waals surface area contributed by atoms with Gasteiger partial charge in [0.15, 0.2) is 6.61 Å². The van der Waals surface area contributed by atoms with Crippen molar-refractivity contribution in [3.63, 3.8) is 0 Å². The Bertz CT molecular complexity index is 1300. The number of halogens is 3. The van der Waals surface area contributed by atoms with E-state index >= 15 is 0 Å². The van der Waals surface area contributed by atoms with E-state index in [9.17, 15) is 9.59 Å². The van der Waals surface area contributed by atoms with Gasteiger partial charge in [0.25, 0.3) is 5.91 Å². The molecule has 4 rings (SSSR count). The molecule has 1 saturated heterocycles. The van der Waals surface area contributed by atoms with E-state index < -0.39 is 0 Å². The molecule has 0 aromatic heterocycles. The van der Waals surface area contributed by atoms with Crippen molar-refractivity contribution in [1.82, 2.24) is 9.80 Å². The highest BCUT2D eigenvalue weighted by Crippen LogP contribution is 2.33. The number of urea groups is 1. The predicted molar refractivity (Wildman–Crippen MR) is 150 cm³/mol. The minimum absolute atomic E-state index is 0.128. The van der Waals surface area contributed by atoms with Gasteiger partial charge < -0.3 is 29.3 Å². The van der Waals surface area contributed by atoms with Crippen LogP contribution < -0.4 is 14.8 Å². The summed E-state index contributed by atoms with van der Waals surface area (Å²) >= 11 is 15.6. The smallest absolute Gasteiger partial charge is 0.321 e. The Morgan fingerprint density at radius 3 is 2.55 bits per heavy atom. The Morgan fingerprint density at radius 2 is 1.79 bits per heavy atom. The fourth-order valence-electron chi connectivity index (χ4n) is 3.70. The Hall–Kier alpha value is -2.98. The zero-order valence-corrected chi connectivity index (χ0v) is 23.7. The van der Waals surface area contributed by atoms with Crippen molar-refractivity contribution in [1.29, 1.82) is 0 Å². The highest BCUT2D eigenvalue weighted by molar-refractivity contribution is 9.10. The lowest BCUT2D eigenvalue weighted by Crippen LogP contribution is -2.43. The topological polar surface area (TPSA) is 80.3 Å². The Kier molecular flexibility index (Phi) is 9.74. The average Bonchev–Trinajstić information content (AvgIpc) is 2.92. The molecule has 0 radical (unpaired) electrons. The number of hydrogen-bond donors (Lipinski definition) is 1. The van der Waals surface area contributed by atoms with E-state index in [0.29, 0.717) is 59.3 Å². The summed E-state index contributed by atoms with van der Waals surface area (Å²) in [6.45, 7) is 2.24. The first-order chi connectivity index (χ1) is 18.3. The van der Waals surface area contributed by atoms with E-state index in [0.717, 1.165) is 10.0 Å². The third-order valence-electron chi connectivity index (χ3n) is 5.75. The monoisotopic (exact) mass is 621 g/mol. The molecule has 0 aliphatic carbocycles. The van der Waals surface area contributed by atoms with Crippen LogP contribution in [-0.4, -0.2) is 61.7 Å². The van der Waals surface area contributed by atoms with Crippen LogP contribution in [0.5, 0.6) is 17.2 Å². The number of para-hydroxylation sites is 2. The Balaban J connectivity index is 1.40. The van der Waals surface area contributed by atoms with Crippen LogP contribution in [0.2, 0.25) is 10.0 Å². The van der Waals surface area contributed by atoms with Crippen LogP contribution in [0.3, 0.4) is 0 Å². The standard InChI is InChI=1S/C27H26BrCl2N3O5/c1-32(16-18-6-7-19(28)14-25(18)38-20-8-9-21(29)22(30)15-20)27(35)31-23-4-2-3-5-24(23)37-17-26(34)33-10-12-36-13-11-33/h2-9,14-15H,10-13,16-17H2,1H3,(H,31,35). The number of amides is 3. The van der Waals surface area contributed by atoms with Crippen LogP contribution in [0.4, 0.5) is 10.5 Å². The van der Waals surface area contributed by atoms with Gasteiger partial charge >= 0.3 is 6.03 Å². The van der Waals surface area contributed by atoms with Crippen molar-refractivity contribution in [2.75, 3.05) is 45.3 Å². The van der Waals surface area contributed by atoms with Gasteiger partial charge in [-0.25, -0.2) is 4.79 Å². The minimum Gasteiger partial charge on any atom is -0.482 e. The maximum atomic E-state index is 13.1. The second-order valence-corrected chi connectivity index (χ2v) is 10.2. The third kappa shape index (κ3) is 7.54. The normalized spacial score (nSPS) is 13.1. The number of nitrogens with one attached hydrogen (secondary N) is 1. The maximum Gasteiger partial charge on any atom is 0.321 e. The van der Waals surface area contributed by atoms with E-state index in [1.54, 1.807) is 54.4 Å². The summed E-state index contributed by atoms with van der Waals surface area (Å²) < 4.78 is 17.9. The molecule has 0 saturated carbocycles. The van der Waals surface area contributed by atoms with E-state index in [-0.39, 0.29) is 25.1 Å². The first-order valence-corrected chi connectivity index (χ1v) is 13.4. The molecule has 0 spiro atoms. The Morgan fingerprint density at radius 1 is 1.03 bits per heavy atom. The van der Waals surface area contributed by atoms with Gasteiger partial charge in [-0.05, 0) is 36.4 Å². The van der Waals surface area contributed by atoms with E-state index in [1.165, 1.54) is 4.90 Å². The lowest BCUT2D eigenvalue weighted by molar-refractivity contribution is -0.137. The second-order valence-electron chi connectivity index (χ2n) is 8.49. The molecule has 11 heteroatoms. The quantitative estimate of drug-likeness (QED) is 0.312. The molecule has 0 atom stereocenters. The number of carbonyl (C=O) groups is 2. The summed E-state index contributed by atoms with van der Waals surface area (Å²) in [5.74, 6) is 1.35. The predicted octanol–water partition coefficient (Wildman–Crippen LogP) is 6.45. The van der Waals surface area contributed by atoms with Gasteiger partial charge in [-0.3, -0.25) is 4.79 Å². The van der Waals surface area contributed by atoms with Crippen LogP contribution in [0.15, 0.2) is 65.1 Å².